The van der Waals surface area contributed by atoms with Crippen molar-refractivity contribution in [3.63, 3.8) is 0 Å². The SMILES string of the molecule is COC(=O)c1cc(C)c(OC(=O)CCCc2ccc(NC(=O)c3c(-c4ccccc4)cccc3C(F)(F)F)c(C(=O)N(C)C)c2)c(Cl)c1. The Balaban J connectivity index is 1.54. The summed E-state index contributed by atoms with van der Waals surface area (Å²) in [5, 5.41) is 2.61. The fourth-order valence-electron chi connectivity index (χ4n) is 5.05. The van der Waals surface area contributed by atoms with Crippen LogP contribution in [0.15, 0.2) is 78.9 Å². The standard InChI is InChI=1S/C36H32ClF3N2O6/c1-21-18-24(35(46)47-4)20-28(37)32(21)48-30(43)15-8-10-22-16-17-29(26(19-22)34(45)42(2)3)41-33(44)31-25(23-11-6-5-7-12-23)13-9-14-27(31)36(38,39)40/h5-7,9,11-14,16-20H,8,10,15H2,1-4H3,(H,41,44). The summed E-state index contributed by atoms with van der Waals surface area (Å²) in [5.74, 6) is -2.55. The first-order chi connectivity index (χ1) is 22.7. The fraction of sp³-hybridized carbons (Fsp3) is 0.222. The van der Waals surface area contributed by atoms with Gasteiger partial charge >= 0.3 is 18.1 Å². The molecule has 0 saturated heterocycles. The van der Waals surface area contributed by atoms with Crippen molar-refractivity contribution < 1.29 is 41.8 Å². The van der Waals surface area contributed by atoms with Crippen LogP contribution in [0.3, 0.4) is 0 Å². The van der Waals surface area contributed by atoms with Crippen molar-refractivity contribution >= 4 is 41.0 Å². The molecule has 0 fully saturated rings. The van der Waals surface area contributed by atoms with E-state index >= 15 is 0 Å². The quantitative estimate of drug-likeness (QED) is 0.135. The van der Waals surface area contributed by atoms with Crippen LogP contribution in [-0.4, -0.2) is 49.9 Å². The van der Waals surface area contributed by atoms with E-state index in [1.54, 1.807) is 43.3 Å². The van der Waals surface area contributed by atoms with Gasteiger partial charge in [0.15, 0.2) is 5.75 Å². The van der Waals surface area contributed by atoms with Crippen LogP contribution in [0.1, 0.15) is 60.6 Å². The van der Waals surface area contributed by atoms with Crippen LogP contribution in [0, 0.1) is 6.92 Å². The molecule has 0 aliphatic heterocycles. The number of alkyl halides is 3. The average molecular weight is 681 g/mol. The van der Waals surface area contributed by atoms with Gasteiger partial charge in [0.05, 0.1) is 40.1 Å². The van der Waals surface area contributed by atoms with Crippen molar-refractivity contribution in [3.05, 3.63) is 117 Å². The lowest BCUT2D eigenvalue weighted by molar-refractivity contribution is -0.138. The molecule has 4 aromatic rings. The highest BCUT2D eigenvalue weighted by atomic mass is 35.5. The third-order valence-corrected chi connectivity index (χ3v) is 7.64. The number of carbonyl (C=O) groups excluding carboxylic acids is 4. The number of esters is 2. The number of amides is 2. The number of benzene rings is 4. The van der Waals surface area contributed by atoms with Gasteiger partial charge < -0.3 is 19.7 Å². The largest absolute Gasteiger partial charge is 0.465 e. The molecule has 0 saturated carbocycles. The number of ether oxygens (including phenoxy) is 2. The molecule has 1 N–H and O–H groups in total. The monoisotopic (exact) mass is 680 g/mol. The Bertz CT molecular complexity index is 1840. The van der Waals surface area contributed by atoms with E-state index in [4.69, 9.17) is 21.1 Å². The molecular formula is C36H32ClF3N2O6. The topological polar surface area (TPSA) is 102 Å². The van der Waals surface area contributed by atoms with Crippen molar-refractivity contribution in [3.8, 4) is 16.9 Å². The molecule has 0 spiro atoms. The Morgan fingerprint density at radius 3 is 2.25 bits per heavy atom. The van der Waals surface area contributed by atoms with Gasteiger partial charge in [0.1, 0.15) is 0 Å². The molecule has 0 aliphatic rings. The maximum atomic E-state index is 14.1. The maximum Gasteiger partial charge on any atom is 0.417 e. The van der Waals surface area contributed by atoms with Crippen molar-refractivity contribution in [2.45, 2.75) is 32.4 Å². The number of nitrogens with zero attached hydrogens (tertiary/aromatic N) is 1. The first-order valence-electron chi connectivity index (χ1n) is 14.7. The summed E-state index contributed by atoms with van der Waals surface area (Å²) in [7, 11) is 4.25. The third-order valence-electron chi connectivity index (χ3n) is 7.36. The molecule has 0 bridgehead atoms. The van der Waals surface area contributed by atoms with Gasteiger partial charge in [-0.25, -0.2) is 4.79 Å². The molecule has 0 heterocycles. The molecule has 2 amide bonds. The highest BCUT2D eigenvalue weighted by Crippen LogP contribution is 2.37. The van der Waals surface area contributed by atoms with Crippen molar-refractivity contribution in [2.75, 3.05) is 26.5 Å². The van der Waals surface area contributed by atoms with Crippen LogP contribution >= 0.6 is 11.6 Å². The number of hydrogen-bond acceptors (Lipinski definition) is 6. The predicted octanol–water partition coefficient (Wildman–Crippen LogP) is 8.00. The second-order valence-electron chi connectivity index (χ2n) is 11.0. The van der Waals surface area contributed by atoms with E-state index in [0.29, 0.717) is 29.5 Å². The Kier molecular flexibility index (Phi) is 11.3. The molecule has 0 aliphatic carbocycles. The number of hydrogen-bond donors (Lipinski definition) is 1. The predicted molar refractivity (Wildman–Crippen MR) is 175 cm³/mol. The van der Waals surface area contributed by atoms with E-state index in [1.807, 2.05) is 0 Å². The van der Waals surface area contributed by atoms with Crippen LogP contribution in [0.5, 0.6) is 5.75 Å². The van der Waals surface area contributed by atoms with E-state index in [1.165, 1.54) is 62.5 Å². The van der Waals surface area contributed by atoms with Crippen molar-refractivity contribution in [1.82, 2.24) is 4.90 Å². The van der Waals surface area contributed by atoms with Gasteiger partial charge in [-0.2, -0.15) is 13.2 Å². The molecule has 0 atom stereocenters. The van der Waals surface area contributed by atoms with E-state index in [0.717, 1.165) is 6.07 Å². The van der Waals surface area contributed by atoms with Crippen LogP contribution in [0.2, 0.25) is 5.02 Å². The van der Waals surface area contributed by atoms with Gasteiger partial charge in [-0.3, -0.25) is 14.4 Å². The lowest BCUT2D eigenvalue weighted by Gasteiger charge is -2.19. The number of anilines is 1. The van der Waals surface area contributed by atoms with Gasteiger partial charge in [0.2, 0.25) is 0 Å². The summed E-state index contributed by atoms with van der Waals surface area (Å²) in [6, 6.07) is 19.2. The minimum atomic E-state index is -4.82. The molecule has 250 valence electrons. The third kappa shape index (κ3) is 8.40. The van der Waals surface area contributed by atoms with Gasteiger partial charge in [-0.1, -0.05) is 60.1 Å². The van der Waals surface area contributed by atoms with E-state index in [-0.39, 0.29) is 39.6 Å². The van der Waals surface area contributed by atoms with Crippen LogP contribution < -0.4 is 10.1 Å². The van der Waals surface area contributed by atoms with Gasteiger partial charge in [-0.15, -0.1) is 0 Å². The normalized spacial score (nSPS) is 11.1. The fourth-order valence-corrected chi connectivity index (χ4v) is 5.35. The maximum absolute atomic E-state index is 14.1. The highest BCUT2D eigenvalue weighted by Gasteiger charge is 2.37. The second-order valence-corrected chi connectivity index (χ2v) is 11.5. The summed E-state index contributed by atoms with van der Waals surface area (Å²) in [5.41, 5.74) is 0.233. The van der Waals surface area contributed by atoms with Gasteiger partial charge in [0.25, 0.3) is 11.8 Å². The number of aryl methyl sites for hydroxylation is 2. The summed E-state index contributed by atoms with van der Waals surface area (Å²) in [6.07, 6.45) is -4.18. The minimum Gasteiger partial charge on any atom is -0.465 e. The number of nitrogens with one attached hydrogen (secondary N) is 1. The molecular weight excluding hydrogens is 649 g/mol. The lowest BCUT2D eigenvalue weighted by atomic mass is 9.94. The summed E-state index contributed by atoms with van der Waals surface area (Å²) in [4.78, 5) is 52.5. The number of carbonyl (C=O) groups is 4. The molecule has 4 rings (SSSR count). The Labute approximate surface area is 280 Å². The van der Waals surface area contributed by atoms with Gasteiger partial charge in [-0.05, 0) is 72.4 Å². The summed E-state index contributed by atoms with van der Waals surface area (Å²) >= 11 is 6.24. The van der Waals surface area contributed by atoms with Crippen LogP contribution in [0.4, 0.5) is 18.9 Å². The molecule has 8 nitrogen and oxygen atoms in total. The highest BCUT2D eigenvalue weighted by molar-refractivity contribution is 6.32. The lowest BCUT2D eigenvalue weighted by Crippen LogP contribution is -2.25. The van der Waals surface area contributed by atoms with E-state index in [2.05, 4.69) is 5.32 Å². The zero-order valence-corrected chi connectivity index (χ0v) is 27.3. The zero-order chi connectivity index (χ0) is 35.2. The molecule has 12 heteroatoms. The first kappa shape index (κ1) is 35.7. The van der Waals surface area contributed by atoms with Crippen molar-refractivity contribution in [2.24, 2.45) is 0 Å². The Morgan fingerprint density at radius 2 is 1.62 bits per heavy atom. The van der Waals surface area contributed by atoms with Crippen molar-refractivity contribution in [1.29, 1.82) is 0 Å². The molecule has 0 radical (unpaired) electrons. The van der Waals surface area contributed by atoms with E-state index < -0.39 is 41.1 Å². The Morgan fingerprint density at radius 1 is 0.917 bits per heavy atom. The summed E-state index contributed by atoms with van der Waals surface area (Å²) in [6.45, 7) is 1.63. The zero-order valence-electron chi connectivity index (χ0n) is 26.5. The number of rotatable bonds is 10. The number of methoxy groups -OCH3 is 1. The first-order valence-corrected chi connectivity index (χ1v) is 15.1. The molecule has 4 aromatic carbocycles. The minimum absolute atomic E-state index is 0.0134. The smallest absolute Gasteiger partial charge is 0.417 e. The Hall–Kier alpha value is -5.16. The van der Waals surface area contributed by atoms with Crippen LogP contribution in [-0.2, 0) is 22.1 Å². The van der Waals surface area contributed by atoms with Gasteiger partial charge in [0, 0.05) is 20.5 Å². The van der Waals surface area contributed by atoms with Crippen LogP contribution in [0.25, 0.3) is 11.1 Å². The molecule has 48 heavy (non-hydrogen) atoms. The van der Waals surface area contributed by atoms with E-state index in [9.17, 15) is 32.3 Å². The second kappa shape index (κ2) is 15.2. The number of halogens is 4. The molecule has 0 aromatic heterocycles. The molecule has 0 unspecified atom stereocenters. The summed E-state index contributed by atoms with van der Waals surface area (Å²) < 4.78 is 52.5. The average Bonchev–Trinajstić information content (AvgIpc) is 3.05.